The molecule has 1 rings (SSSR count). The van der Waals surface area contributed by atoms with Gasteiger partial charge in [0.05, 0.1) is 24.1 Å². The monoisotopic (exact) mass is 702 g/mol. The van der Waals surface area contributed by atoms with E-state index in [-0.39, 0.29) is 36.2 Å². The zero-order valence-corrected chi connectivity index (χ0v) is 23.4. The fourth-order valence-electron chi connectivity index (χ4n) is 2.44. The molecule has 34 heavy (non-hydrogen) atoms. The predicted octanol–water partition coefficient (Wildman–Crippen LogP) is 3.90. The summed E-state index contributed by atoms with van der Waals surface area (Å²) in [6, 6.07) is 0. The molecule has 0 saturated heterocycles. The van der Waals surface area contributed by atoms with Gasteiger partial charge in [0.2, 0.25) is 18.1 Å². The Balaban J connectivity index is 2.96. The van der Waals surface area contributed by atoms with Gasteiger partial charge in [0, 0.05) is 26.3 Å². The van der Waals surface area contributed by atoms with Gasteiger partial charge in [0.25, 0.3) is 0 Å². The highest BCUT2D eigenvalue weighted by Crippen LogP contribution is 2.38. The number of amides is 2. The maximum Gasteiger partial charge on any atom is 0.511 e. The van der Waals surface area contributed by atoms with E-state index in [4.69, 9.17) is 18.9 Å². The summed E-state index contributed by atoms with van der Waals surface area (Å²) in [6.45, 7) is 9.95. The molecule has 0 fully saturated rings. The maximum absolute atomic E-state index is 12.9. The first-order valence-corrected chi connectivity index (χ1v) is 11.9. The van der Waals surface area contributed by atoms with Crippen LogP contribution >= 0.6 is 45.2 Å². The molecule has 0 bridgehead atoms. The first-order valence-electron chi connectivity index (χ1n) is 9.69. The third kappa shape index (κ3) is 8.73. The largest absolute Gasteiger partial charge is 0.511 e. The average Bonchev–Trinajstić information content (AvgIpc) is 2.71. The predicted molar refractivity (Wildman–Crippen MR) is 138 cm³/mol. The second-order valence-electron chi connectivity index (χ2n) is 6.85. The number of anilines is 2. The van der Waals surface area contributed by atoms with Crippen molar-refractivity contribution in [1.82, 2.24) is 0 Å². The lowest BCUT2D eigenvalue weighted by Gasteiger charge is -2.21. The molecule has 0 aliphatic carbocycles. The van der Waals surface area contributed by atoms with Gasteiger partial charge in [0.15, 0.2) is 0 Å². The van der Waals surface area contributed by atoms with Gasteiger partial charge in [0.1, 0.15) is 13.2 Å². The third-order valence-electron chi connectivity index (χ3n) is 3.85. The van der Waals surface area contributed by atoms with Crippen molar-refractivity contribution >= 4 is 86.5 Å². The quantitative estimate of drug-likeness (QED) is 0.0978. The summed E-state index contributed by atoms with van der Waals surface area (Å²) >= 11 is 3.84. The Morgan fingerprint density at radius 2 is 1.41 bits per heavy atom. The van der Waals surface area contributed by atoms with Crippen LogP contribution in [0.3, 0.4) is 0 Å². The number of hydrogen-bond donors (Lipinski definition) is 2. The molecule has 1 aromatic rings. The molecule has 11 nitrogen and oxygen atoms in total. The van der Waals surface area contributed by atoms with Gasteiger partial charge in [-0.15, -0.1) is 0 Å². The summed E-state index contributed by atoms with van der Waals surface area (Å²) in [4.78, 5) is 59.3. The molecule has 0 spiro atoms. The summed E-state index contributed by atoms with van der Waals surface area (Å²) in [5, 5.41) is 5.30. The summed E-state index contributed by atoms with van der Waals surface area (Å²) in [6.07, 6.45) is -2.47. The van der Waals surface area contributed by atoms with Crippen molar-refractivity contribution in [3.8, 4) is 0 Å². The average molecular weight is 702 g/mol. The van der Waals surface area contributed by atoms with Crippen LogP contribution in [0.4, 0.5) is 16.2 Å². The molecule has 2 N–H and O–H groups in total. The lowest BCUT2D eigenvalue weighted by atomic mass is 10.0. The van der Waals surface area contributed by atoms with Gasteiger partial charge in [-0.05, 0) is 64.6 Å². The number of hydrogen-bond acceptors (Lipinski definition) is 9. The van der Waals surface area contributed by atoms with Crippen molar-refractivity contribution in [1.29, 1.82) is 0 Å². The number of carbonyl (C=O) groups excluding carboxylic acids is 5. The SMILES string of the molecule is C=C(C)C(=O)OCCOC(=O)OC(C)OC(=O)c1c(C)c(NC(C)=O)c(I)c(NC(C)=O)c1I. The third-order valence-corrected chi connectivity index (χ3v) is 6.01. The number of benzene rings is 1. The van der Waals surface area contributed by atoms with Gasteiger partial charge in [-0.1, -0.05) is 6.58 Å². The second kappa shape index (κ2) is 13.5. The summed E-state index contributed by atoms with van der Waals surface area (Å²) in [5.41, 5.74) is 1.34. The minimum absolute atomic E-state index is 0.0732. The summed E-state index contributed by atoms with van der Waals surface area (Å²) < 4.78 is 20.5. The van der Waals surface area contributed by atoms with E-state index in [1.54, 1.807) is 6.92 Å². The summed E-state index contributed by atoms with van der Waals surface area (Å²) in [7, 11) is 0. The van der Waals surface area contributed by atoms with Crippen LogP contribution in [0, 0.1) is 14.1 Å². The fraction of sp³-hybridized carbons (Fsp3) is 0.381. The minimum atomic E-state index is -1.33. The van der Waals surface area contributed by atoms with Crippen LogP contribution in [0.1, 0.15) is 43.6 Å². The smallest absolute Gasteiger partial charge is 0.459 e. The Labute approximate surface area is 223 Å². The van der Waals surface area contributed by atoms with Crippen molar-refractivity contribution < 1.29 is 42.9 Å². The first kappa shape index (κ1) is 29.6. The van der Waals surface area contributed by atoms with Gasteiger partial charge < -0.3 is 29.6 Å². The second-order valence-corrected chi connectivity index (χ2v) is 9.00. The van der Waals surface area contributed by atoms with Crippen LogP contribution < -0.4 is 10.6 Å². The van der Waals surface area contributed by atoms with Gasteiger partial charge in [-0.2, -0.15) is 0 Å². The highest BCUT2D eigenvalue weighted by atomic mass is 127. The molecular weight excluding hydrogens is 678 g/mol. The van der Waals surface area contributed by atoms with E-state index < -0.39 is 24.4 Å². The molecule has 0 aromatic heterocycles. The van der Waals surface area contributed by atoms with Crippen molar-refractivity contribution in [2.45, 2.75) is 40.9 Å². The van der Waals surface area contributed by atoms with Crippen LogP contribution in [-0.4, -0.2) is 49.4 Å². The Hall–Kier alpha value is -2.43. The Kier molecular flexibility index (Phi) is 11.7. The highest BCUT2D eigenvalue weighted by molar-refractivity contribution is 14.1. The number of halogens is 2. The Morgan fingerprint density at radius 3 is 1.94 bits per heavy atom. The zero-order chi connectivity index (χ0) is 26.2. The van der Waals surface area contributed by atoms with Gasteiger partial charge >= 0.3 is 18.1 Å². The van der Waals surface area contributed by atoms with E-state index in [9.17, 15) is 24.0 Å². The van der Waals surface area contributed by atoms with Crippen LogP contribution in [0.15, 0.2) is 12.2 Å². The fourth-order valence-corrected chi connectivity index (χ4v) is 4.93. The normalized spacial score (nSPS) is 11.0. The summed E-state index contributed by atoms with van der Waals surface area (Å²) in [5.74, 6) is -2.23. The highest BCUT2D eigenvalue weighted by Gasteiger charge is 2.27. The minimum Gasteiger partial charge on any atom is -0.459 e. The van der Waals surface area contributed by atoms with Crippen LogP contribution in [0.2, 0.25) is 0 Å². The molecule has 0 radical (unpaired) electrons. The van der Waals surface area contributed by atoms with E-state index in [0.717, 1.165) is 0 Å². The molecule has 2 amide bonds. The Bertz CT molecular complexity index is 981. The van der Waals surface area contributed by atoms with Crippen LogP contribution in [0.25, 0.3) is 0 Å². The zero-order valence-electron chi connectivity index (χ0n) is 19.1. The van der Waals surface area contributed by atoms with E-state index in [2.05, 4.69) is 17.2 Å². The Morgan fingerprint density at radius 1 is 0.882 bits per heavy atom. The molecule has 0 aliphatic heterocycles. The number of esters is 2. The lowest BCUT2D eigenvalue weighted by Crippen LogP contribution is -2.25. The number of nitrogens with one attached hydrogen (secondary N) is 2. The maximum atomic E-state index is 12.9. The number of rotatable bonds is 9. The molecule has 13 heteroatoms. The van der Waals surface area contributed by atoms with E-state index in [1.807, 2.05) is 45.2 Å². The van der Waals surface area contributed by atoms with Crippen molar-refractivity contribution in [2.75, 3.05) is 23.8 Å². The molecule has 0 heterocycles. The lowest BCUT2D eigenvalue weighted by molar-refractivity contribution is -0.140. The first-order chi connectivity index (χ1) is 15.8. The van der Waals surface area contributed by atoms with Gasteiger partial charge in [-0.3, -0.25) is 9.59 Å². The van der Waals surface area contributed by atoms with Crippen molar-refractivity contribution in [3.05, 3.63) is 30.4 Å². The standard InChI is InChI=1S/C21H24I2N2O9/c1-9(2)19(28)31-7-8-32-21(30)34-13(6)33-20(29)14-10(3)17(24-11(4)26)16(23)18(15(14)22)25-12(5)27/h13H,1,7-8H2,2-6H3,(H,24,26)(H,25,27). The van der Waals surface area contributed by atoms with Crippen molar-refractivity contribution in [3.63, 3.8) is 0 Å². The topological polar surface area (TPSA) is 146 Å². The molecule has 0 aliphatic rings. The van der Waals surface area contributed by atoms with E-state index in [1.165, 1.54) is 27.7 Å². The molecule has 0 saturated carbocycles. The van der Waals surface area contributed by atoms with Gasteiger partial charge in [-0.25, -0.2) is 14.4 Å². The van der Waals surface area contributed by atoms with Crippen molar-refractivity contribution in [2.24, 2.45) is 0 Å². The number of ether oxygens (including phenoxy) is 4. The van der Waals surface area contributed by atoms with Crippen LogP contribution in [-0.2, 0) is 33.3 Å². The molecule has 1 aromatic carbocycles. The molecule has 1 atom stereocenters. The van der Waals surface area contributed by atoms with E-state index in [0.29, 0.717) is 24.1 Å². The van der Waals surface area contributed by atoms with E-state index >= 15 is 0 Å². The molecule has 186 valence electrons. The molecular formula is C21H24I2N2O9. The van der Waals surface area contributed by atoms with Crippen LogP contribution in [0.5, 0.6) is 0 Å². The number of carbonyl (C=O) groups is 5. The molecule has 1 unspecified atom stereocenters.